The topological polar surface area (TPSA) is 132 Å². The van der Waals surface area contributed by atoms with Gasteiger partial charge in [0.25, 0.3) is 11.1 Å². The van der Waals surface area contributed by atoms with E-state index in [1.54, 1.807) is 51.6 Å². The Morgan fingerprint density at radius 3 is 1.38 bits per heavy atom. The zero-order valence-corrected chi connectivity index (χ0v) is 19.7. The van der Waals surface area contributed by atoms with E-state index in [1.807, 2.05) is 0 Å². The van der Waals surface area contributed by atoms with Gasteiger partial charge in [0.15, 0.2) is 0 Å². The fraction of sp³-hybridized carbons (Fsp3) is 0.545. The van der Waals surface area contributed by atoms with Gasteiger partial charge in [0, 0.05) is 62.5 Å². The van der Waals surface area contributed by atoms with Gasteiger partial charge in [0.05, 0.1) is 0 Å². The zero-order valence-electron chi connectivity index (χ0n) is 19.7. The molecule has 0 saturated heterocycles. The Morgan fingerprint density at radius 2 is 1.06 bits per heavy atom. The number of rotatable bonds is 9. The maximum Gasteiger partial charge on any atom is 0.254 e. The van der Waals surface area contributed by atoms with E-state index in [-0.39, 0.29) is 35.8 Å². The van der Waals surface area contributed by atoms with E-state index in [2.05, 4.69) is 19.9 Å². The average molecular weight is 445 g/mol. The first-order valence-corrected chi connectivity index (χ1v) is 10.6. The van der Waals surface area contributed by atoms with E-state index >= 15 is 0 Å². The molecule has 0 fully saturated rings. The van der Waals surface area contributed by atoms with Gasteiger partial charge in [0.2, 0.25) is 11.8 Å². The van der Waals surface area contributed by atoms with Crippen molar-refractivity contribution in [2.45, 2.75) is 53.4 Å². The molecule has 0 unspecified atom stereocenters. The highest BCUT2D eigenvalue weighted by molar-refractivity contribution is 5.77. The van der Waals surface area contributed by atoms with Crippen LogP contribution >= 0.6 is 0 Å². The maximum absolute atomic E-state index is 12.4. The van der Waals surface area contributed by atoms with Crippen LogP contribution in [0, 0.1) is 27.7 Å². The van der Waals surface area contributed by atoms with Crippen LogP contribution in [0.1, 0.15) is 47.0 Å². The Labute approximate surface area is 187 Å². The van der Waals surface area contributed by atoms with Crippen molar-refractivity contribution in [2.24, 2.45) is 0 Å². The summed E-state index contributed by atoms with van der Waals surface area (Å²) in [6.45, 7) is 7.68. The molecule has 2 N–H and O–H groups in total. The third-order valence-corrected chi connectivity index (χ3v) is 5.48. The number of aromatic amines is 2. The monoisotopic (exact) mass is 444 g/mol. The number of nitrogens with one attached hydrogen (secondary N) is 2. The van der Waals surface area contributed by atoms with Crippen molar-refractivity contribution in [3.63, 3.8) is 0 Å². The van der Waals surface area contributed by atoms with Crippen LogP contribution in [0.2, 0.25) is 0 Å². The minimum Gasteiger partial charge on any atom is -0.344 e. The minimum atomic E-state index is -0.214. The molecule has 2 rings (SSSR count). The van der Waals surface area contributed by atoms with Gasteiger partial charge in [-0.1, -0.05) is 0 Å². The summed E-state index contributed by atoms with van der Waals surface area (Å²) >= 11 is 0. The molecule has 0 bridgehead atoms. The van der Waals surface area contributed by atoms with Crippen molar-refractivity contribution in [3.8, 4) is 0 Å². The summed E-state index contributed by atoms with van der Waals surface area (Å²) in [6, 6.07) is 0. The smallest absolute Gasteiger partial charge is 0.254 e. The number of carbonyl (C=O) groups excluding carboxylic acids is 2. The zero-order chi connectivity index (χ0) is 24.0. The van der Waals surface area contributed by atoms with Crippen LogP contribution in [0.15, 0.2) is 9.59 Å². The van der Waals surface area contributed by atoms with Gasteiger partial charge >= 0.3 is 0 Å². The van der Waals surface area contributed by atoms with Gasteiger partial charge in [-0.2, -0.15) is 0 Å². The van der Waals surface area contributed by atoms with E-state index < -0.39 is 0 Å². The van der Waals surface area contributed by atoms with Crippen LogP contribution in [-0.2, 0) is 22.4 Å². The molecular formula is C22H32N6O4. The molecule has 0 aliphatic carbocycles. The molecule has 0 spiro atoms. The lowest BCUT2D eigenvalue weighted by molar-refractivity contribution is -0.133. The van der Waals surface area contributed by atoms with Crippen LogP contribution < -0.4 is 11.1 Å². The second-order valence-corrected chi connectivity index (χ2v) is 8.06. The minimum absolute atomic E-state index is 0.113. The van der Waals surface area contributed by atoms with Crippen molar-refractivity contribution >= 4 is 11.8 Å². The van der Waals surface area contributed by atoms with Crippen molar-refractivity contribution < 1.29 is 9.59 Å². The van der Waals surface area contributed by atoms with Gasteiger partial charge in [-0.05, 0) is 40.5 Å². The normalized spacial score (nSPS) is 10.8. The summed E-state index contributed by atoms with van der Waals surface area (Å²) in [5.74, 6) is 0.868. The summed E-state index contributed by atoms with van der Waals surface area (Å²) < 4.78 is 0. The second kappa shape index (κ2) is 10.8. The van der Waals surface area contributed by atoms with E-state index in [9.17, 15) is 19.2 Å². The molecule has 2 aromatic rings. The SMILES string of the molecule is Cc1nc(C)c(CCC(=O)N(C)CCN(C)C(=O)CCc2c(C)nc(C)[nH]c2=O)c(=O)[nH]1. The Balaban J connectivity index is 1.82. The van der Waals surface area contributed by atoms with Gasteiger partial charge < -0.3 is 19.8 Å². The summed E-state index contributed by atoms with van der Waals surface area (Å²) in [7, 11) is 3.35. The molecule has 0 atom stereocenters. The Hall–Kier alpha value is -3.30. The Morgan fingerprint density at radius 1 is 0.719 bits per heavy atom. The molecule has 10 heteroatoms. The van der Waals surface area contributed by atoms with Gasteiger partial charge in [-0.3, -0.25) is 19.2 Å². The maximum atomic E-state index is 12.4. The number of carbonyl (C=O) groups is 2. The summed E-state index contributed by atoms with van der Waals surface area (Å²) in [5, 5.41) is 0. The number of amides is 2. The highest BCUT2D eigenvalue weighted by atomic mass is 16.2. The van der Waals surface area contributed by atoms with Crippen molar-refractivity contribution in [3.05, 3.63) is 54.9 Å². The Kier molecular flexibility index (Phi) is 8.45. The summed E-state index contributed by atoms with van der Waals surface area (Å²) in [6.07, 6.45) is 0.992. The van der Waals surface area contributed by atoms with Crippen molar-refractivity contribution in [1.82, 2.24) is 29.7 Å². The van der Waals surface area contributed by atoms with E-state index in [4.69, 9.17) is 0 Å². The molecule has 0 radical (unpaired) electrons. The lowest BCUT2D eigenvalue weighted by atomic mass is 10.1. The molecule has 32 heavy (non-hydrogen) atoms. The second-order valence-electron chi connectivity index (χ2n) is 8.06. The number of aryl methyl sites for hydroxylation is 4. The molecule has 174 valence electrons. The number of likely N-dealkylation sites (N-methyl/N-ethyl adjacent to an activating group) is 2. The third kappa shape index (κ3) is 6.60. The van der Waals surface area contributed by atoms with Crippen LogP contribution in [0.3, 0.4) is 0 Å². The van der Waals surface area contributed by atoms with Crippen LogP contribution in [-0.4, -0.2) is 68.7 Å². The third-order valence-electron chi connectivity index (χ3n) is 5.48. The predicted octanol–water partition coefficient (Wildman–Crippen LogP) is 0.569. The van der Waals surface area contributed by atoms with Crippen molar-refractivity contribution in [2.75, 3.05) is 27.2 Å². The molecule has 2 heterocycles. The summed E-state index contributed by atoms with van der Waals surface area (Å²) in [4.78, 5) is 65.9. The molecule has 0 aromatic carbocycles. The average Bonchev–Trinajstić information content (AvgIpc) is 2.69. The molecule has 2 aromatic heterocycles. The number of hydrogen-bond acceptors (Lipinski definition) is 6. The molecule has 10 nitrogen and oxygen atoms in total. The van der Waals surface area contributed by atoms with E-state index in [0.717, 1.165) is 0 Å². The molecule has 0 saturated carbocycles. The van der Waals surface area contributed by atoms with Gasteiger partial charge in [-0.15, -0.1) is 0 Å². The van der Waals surface area contributed by atoms with E-state index in [1.165, 1.54) is 0 Å². The van der Waals surface area contributed by atoms with Crippen molar-refractivity contribution in [1.29, 1.82) is 0 Å². The van der Waals surface area contributed by atoms with Crippen LogP contribution in [0.25, 0.3) is 0 Å². The fourth-order valence-electron chi connectivity index (χ4n) is 3.49. The predicted molar refractivity (Wildman–Crippen MR) is 121 cm³/mol. The molecule has 2 amide bonds. The first kappa shape index (κ1) is 25.0. The number of hydrogen-bond donors (Lipinski definition) is 2. The molecule has 0 aliphatic heterocycles. The standard InChI is InChI=1S/C22H32N6O4/c1-13-17(21(31)25-15(3)23-13)7-9-19(29)27(5)11-12-28(6)20(30)10-8-18-14(2)24-16(4)26-22(18)32/h7-12H2,1-6H3,(H,23,25,31)(H,24,26,32). The quantitative estimate of drug-likeness (QED) is 0.581. The van der Waals surface area contributed by atoms with Gasteiger partial charge in [-0.25, -0.2) is 9.97 Å². The largest absolute Gasteiger partial charge is 0.344 e. The van der Waals surface area contributed by atoms with Gasteiger partial charge in [0.1, 0.15) is 11.6 Å². The highest BCUT2D eigenvalue weighted by Crippen LogP contribution is 2.06. The first-order chi connectivity index (χ1) is 15.0. The summed E-state index contributed by atoms with van der Waals surface area (Å²) in [5.41, 5.74) is 1.86. The fourth-order valence-corrected chi connectivity index (χ4v) is 3.49. The lowest BCUT2D eigenvalue weighted by Crippen LogP contribution is -2.37. The number of nitrogens with zero attached hydrogens (tertiary/aromatic N) is 4. The molecule has 0 aliphatic rings. The number of H-pyrrole nitrogens is 2. The molecular weight excluding hydrogens is 412 g/mol. The Bertz CT molecular complexity index is 1020. The lowest BCUT2D eigenvalue weighted by Gasteiger charge is -2.22. The van der Waals surface area contributed by atoms with Crippen LogP contribution in [0.4, 0.5) is 0 Å². The first-order valence-electron chi connectivity index (χ1n) is 10.6. The highest BCUT2D eigenvalue weighted by Gasteiger charge is 2.16. The van der Waals surface area contributed by atoms with E-state index in [0.29, 0.717) is 60.1 Å². The number of aromatic nitrogens is 4. The van der Waals surface area contributed by atoms with Crippen LogP contribution in [0.5, 0.6) is 0 Å².